The van der Waals surface area contributed by atoms with Gasteiger partial charge in [0.15, 0.2) is 0 Å². The van der Waals surface area contributed by atoms with Crippen LogP contribution in [0.5, 0.6) is 0 Å². The topological polar surface area (TPSA) is 12.0 Å². The summed E-state index contributed by atoms with van der Waals surface area (Å²) < 4.78 is 0. The molecule has 0 saturated heterocycles. The maximum Gasteiger partial charge on any atom is 0.00109 e. The molecule has 0 heterocycles. The second-order valence-electron chi connectivity index (χ2n) is 5.45. The molecular weight excluding hydrogens is 194 g/mol. The highest BCUT2D eigenvalue weighted by Crippen LogP contribution is 2.47. The number of hydrogen-bond donors (Lipinski definition) is 1. The molecule has 0 radical (unpaired) electrons. The summed E-state index contributed by atoms with van der Waals surface area (Å²) in [5.41, 5.74) is 4.90. The van der Waals surface area contributed by atoms with Gasteiger partial charge in [-0.25, -0.2) is 0 Å². The Morgan fingerprint density at radius 1 is 1.12 bits per heavy atom. The van der Waals surface area contributed by atoms with Crippen molar-refractivity contribution in [2.24, 2.45) is 5.41 Å². The molecule has 1 aliphatic rings. The SMILES string of the molecule is CCNCC1(Cc2cc(C)cc(C)c2)CC1. The molecule has 1 N–H and O–H groups in total. The fourth-order valence-corrected chi connectivity index (χ4v) is 2.59. The third kappa shape index (κ3) is 2.85. The van der Waals surface area contributed by atoms with Crippen molar-refractivity contribution in [3.63, 3.8) is 0 Å². The molecule has 2 rings (SSSR count). The first-order valence-electron chi connectivity index (χ1n) is 6.41. The number of aryl methyl sites for hydroxylation is 2. The molecule has 0 aromatic heterocycles. The van der Waals surface area contributed by atoms with Crippen LogP contribution in [0.3, 0.4) is 0 Å². The van der Waals surface area contributed by atoms with Crippen LogP contribution in [-0.2, 0) is 6.42 Å². The first-order valence-corrected chi connectivity index (χ1v) is 6.41. The van der Waals surface area contributed by atoms with Gasteiger partial charge in [-0.3, -0.25) is 0 Å². The van der Waals surface area contributed by atoms with Gasteiger partial charge in [0.05, 0.1) is 0 Å². The summed E-state index contributed by atoms with van der Waals surface area (Å²) in [6.07, 6.45) is 4.04. The second kappa shape index (κ2) is 4.58. The van der Waals surface area contributed by atoms with Crippen LogP contribution in [0.4, 0.5) is 0 Å². The Balaban J connectivity index is 2.03. The Morgan fingerprint density at radius 2 is 1.75 bits per heavy atom. The Kier molecular flexibility index (Phi) is 3.34. The van der Waals surface area contributed by atoms with Crippen molar-refractivity contribution >= 4 is 0 Å². The van der Waals surface area contributed by atoms with Gasteiger partial charge < -0.3 is 5.32 Å². The molecule has 0 aliphatic heterocycles. The summed E-state index contributed by atoms with van der Waals surface area (Å²) in [5.74, 6) is 0. The van der Waals surface area contributed by atoms with E-state index in [0.29, 0.717) is 5.41 Å². The molecule has 0 amide bonds. The summed E-state index contributed by atoms with van der Waals surface area (Å²) in [6.45, 7) is 8.86. The summed E-state index contributed by atoms with van der Waals surface area (Å²) in [7, 11) is 0. The van der Waals surface area contributed by atoms with Crippen molar-refractivity contribution < 1.29 is 0 Å². The second-order valence-corrected chi connectivity index (χ2v) is 5.45. The molecule has 1 aliphatic carbocycles. The van der Waals surface area contributed by atoms with E-state index in [9.17, 15) is 0 Å². The van der Waals surface area contributed by atoms with Gasteiger partial charge in [-0.15, -0.1) is 0 Å². The average molecular weight is 217 g/mol. The van der Waals surface area contributed by atoms with Gasteiger partial charge in [0, 0.05) is 6.54 Å². The van der Waals surface area contributed by atoms with Crippen LogP contribution in [-0.4, -0.2) is 13.1 Å². The number of rotatable bonds is 5. The lowest BCUT2D eigenvalue weighted by Gasteiger charge is -2.16. The monoisotopic (exact) mass is 217 g/mol. The Morgan fingerprint density at radius 3 is 2.25 bits per heavy atom. The van der Waals surface area contributed by atoms with Gasteiger partial charge in [-0.05, 0) is 50.6 Å². The minimum atomic E-state index is 0.580. The first-order chi connectivity index (χ1) is 7.63. The van der Waals surface area contributed by atoms with Crippen LogP contribution in [0.1, 0.15) is 36.5 Å². The van der Waals surface area contributed by atoms with Gasteiger partial charge in [0.1, 0.15) is 0 Å². The third-order valence-corrected chi connectivity index (χ3v) is 3.57. The molecule has 16 heavy (non-hydrogen) atoms. The van der Waals surface area contributed by atoms with Crippen molar-refractivity contribution in [2.45, 2.75) is 40.0 Å². The van der Waals surface area contributed by atoms with Crippen LogP contribution >= 0.6 is 0 Å². The van der Waals surface area contributed by atoms with Crippen molar-refractivity contribution in [1.82, 2.24) is 5.32 Å². The molecule has 1 aromatic carbocycles. The molecule has 0 bridgehead atoms. The molecule has 1 fully saturated rings. The lowest BCUT2D eigenvalue weighted by molar-refractivity contribution is 0.463. The highest BCUT2D eigenvalue weighted by molar-refractivity contribution is 5.30. The molecule has 1 heteroatoms. The summed E-state index contributed by atoms with van der Waals surface area (Å²) >= 11 is 0. The highest BCUT2D eigenvalue weighted by atomic mass is 14.9. The Labute approximate surface area is 99.3 Å². The van der Waals surface area contributed by atoms with E-state index in [1.807, 2.05) is 0 Å². The van der Waals surface area contributed by atoms with E-state index < -0.39 is 0 Å². The smallest absolute Gasteiger partial charge is 0.00109 e. The van der Waals surface area contributed by atoms with Crippen molar-refractivity contribution in [3.8, 4) is 0 Å². The zero-order valence-corrected chi connectivity index (χ0v) is 10.8. The van der Waals surface area contributed by atoms with Gasteiger partial charge >= 0.3 is 0 Å². The van der Waals surface area contributed by atoms with Crippen molar-refractivity contribution in [3.05, 3.63) is 34.9 Å². The highest BCUT2D eigenvalue weighted by Gasteiger charge is 2.41. The molecule has 0 atom stereocenters. The van der Waals surface area contributed by atoms with E-state index in [-0.39, 0.29) is 0 Å². The van der Waals surface area contributed by atoms with Crippen LogP contribution in [0.15, 0.2) is 18.2 Å². The minimum Gasteiger partial charge on any atom is -0.316 e. The number of nitrogens with one attached hydrogen (secondary N) is 1. The van der Waals surface area contributed by atoms with E-state index in [2.05, 4.69) is 44.3 Å². The fraction of sp³-hybridized carbons (Fsp3) is 0.600. The van der Waals surface area contributed by atoms with E-state index in [0.717, 1.165) is 6.54 Å². The number of benzene rings is 1. The zero-order chi connectivity index (χ0) is 11.6. The van der Waals surface area contributed by atoms with Crippen LogP contribution in [0.2, 0.25) is 0 Å². The van der Waals surface area contributed by atoms with E-state index in [1.54, 1.807) is 0 Å². The molecule has 0 unspecified atom stereocenters. The summed E-state index contributed by atoms with van der Waals surface area (Å²) in [4.78, 5) is 0. The third-order valence-electron chi connectivity index (χ3n) is 3.57. The van der Waals surface area contributed by atoms with Crippen LogP contribution < -0.4 is 5.32 Å². The lowest BCUT2D eigenvalue weighted by atomic mass is 9.94. The summed E-state index contributed by atoms with van der Waals surface area (Å²) in [5, 5.41) is 3.50. The van der Waals surface area contributed by atoms with Gasteiger partial charge in [0.25, 0.3) is 0 Å². The number of hydrogen-bond acceptors (Lipinski definition) is 1. The molecular formula is C15H23N. The van der Waals surface area contributed by atoms with E-state index in [4.69, 9.17) is 0 Å². The van der Waals surface area contributed by atoms with E-state index >= 15 is 0 Å². The maximum absolute atomic E-state index is 3.50. The summed E-state index contributed by atoms with van der Waals surface area (Å²) in [6, 6.07) is 6.95. The molecule has 1 nitrogen and oxygen atoms in total. The van der Waals surface area contributed by atoms with Gasteiger partial charge in [0.2, 0.25) is 0 Å². The predicted octanol–water partition coefficient (Wildman–Crippen LogP) is 3.24. The first kappa shape index (κ1) is 11.7. The molecule has 0 spiro atoms. The fourth-order valence-electron chi connectivity index (χ4n) is 2.59. The standard InChI is InChI=1S/C15H23N/c1-4-16-11-15(5-6-15)10-14-8-12(2)7-13(3)9-14/h7-9,16H,4-6,10-11H2,1-3H3. The molecule has 1 aromatic rings. The molecule has 1 saturated carbocycles. The average Bonchev–Trinajstić information content (AvgIpc) is 2.94. The van der Waals surface area contributed by atoms with Gasteiger partial charge in [-0.1, -0.05) is 36.2 Å². The quantitative estimate of drug-likeness (QED) is 0.798. The van der Waals surface area contributed by atoms with Gasteiger partial charge in [-0.2, -0.15) is 0 Å². The Bertz CT molecular complexity index is 343. The van der Waals surface area contributed by atoms with Crippen LogP contribution in [0, 0.1) is 19.3 Å². The van der Waals surface area contributed by atoms with E-state index in [1.165, 1.54) is 42.5 Å². The van der Waals surface area contributed by atoms with Crippen LogP contribution in [0.25, 0.3) is 0 Å². The minimum absolute atomic E-state index is 0.580. The maximum atomic E-state index is 3.50. The molecule has 88 valence electrons. The normalized spacial score (nSPS) is 17.4. The lowest BCUT2D eigenvalue weighted by Crippen LogP contribution is -2.25. The van der Waals surface area contributed by atoms with Crippen molar-refractivity contribution in [2.75, 3.05) is 13.1 Å². The van der Waals surface area contributed by atoms with Crippen molar-refractivity contribution in [1.29, 1.82) is 0 Å². The largest absolute Gasteiger partial charge is 0.316 e. The zero-order valence-electron chi connectivity index (χ0n) is 10.8. The Hall–Kier alpha value is -0.820. The predicted molar refractivity (Wildman–Crippen MR) is 69.8 cm³/mol.